The minimum Gasteiger partial charge on any atom is -0.443 e. The Hall–Kier alpha value is -3.79. The Morgan fingerprint density at radius 2 is 2.10 bits per heavy atom. The molecule has 0 aromatic carbocycles. The number of anilines is 1. The van der Waals surface area contributed by atoms with Gasteiger partial charge in [-0.2, -0.15) is 0 Å². The van der Waals surface area contributed by atoms with E-state index in [9.17, 15) is 4.79 Å². The third kappa shape index (κ3) is 3.40. The summed E-state index contributed by atoms with van der Waals surface area (Å²) in [7, 11) is 1.67. The first kappa shape index (κ1) is 19.2. The molecule has 1 saturated carbocycles. The van der Waals surface area contributed by atoms with Crippen LogP contribution in [0.2, 0.25) is 0 Å². The maximum atomic E-state index is 12.9. The molecule has 1 aliphatic carbocycles. The van der Waals surface area contributed by atoms with Gasteiger partial charge in [-0.05, 0) is 31.9 Å². The number of pyridine rings is 1. The lowest BCUT2D eigenvalue weighted by Gasteiger charge is -2.34. The second-order valence-electron chi connectivity index (χ2n) is 7.54. The molecule has 5 rings (SSSR count). The fourth-order valence-electron chi connectivity index (χ4n) is 3.68. The average Bonchev–Trinajstić information content (AvgIpc) is 3.40. The molecule has 4 aromatic heterocycles. The van der Waals surface area contributed by atoms with E-state index >= 15 is 0 Å². The summed E-state index contributed by atoms with van der Waals surface area (Å²) < 4.78 is 12.7. The first-order chi connectivity index (χ1) is 15.0. The number of aromatic nitrogens is 5. The number of fused-ring (bicyclic) bond motifs is 1. The summed E-state index contributed by atoms with van der Waals surface area (Å²) >= 11 is 0. The van der Waals surface area contributed by atoms with E-state index in [-0.39, 0.29) is 35.5 Å². The van der Waals surface area contributed by atoms with Crippen LogP contribution in [0.25, 0.3) is 28.5 Å². The second kappa shape index (κ2) is 7.47. The largest absolute Gasteiger partial charge is 0.443 e. The lowest BCUT2D eigenvalue weighted by Crippen LogP contribution is -2.47. The van der Waals surface area contributed by atoms with Gasteiger partial charge in [0.25, 0.3) is 5.91 Å². The van der Waals surface area contributed by atoms with Gasteiger partial charge in [0, 0.05) is 36.8 Å². The van der Waals surface area contributed by atoms with Crippen LogP contribution in [0.3, 0.4) is 0 Å². The number of methoxy groups -OCH3 is 1. The molecule has 158 valence electrons. The van der Waals surface area contributed by atoms with Crippen LogP contribution in [0, 0.1) is 6.92 Å². The van der Waals surface area contributed by atoms with Crippen LogP contribution in [0.1, 0.15) is 29.0 Å². The number of carbonyl (C=O) groups is 1. The molecule has 4 heterocycles. The maximum Gasteiger partial charge on any atom is 0.273 e. The highest BCUT2D eigenvalue weighted by molar-refractivity contribution is 5.98. The molecule has 1 fully saturated rings. The number of nitrogens with zero attached hydrogens (tertiary/aromatic N) is 5. The second-order valence-corrected chi connectivity index (χ2v) is 7.54. The van der Waals surface area contributed by atoms with Crippen molar-refractivity contribution in [2.24, 2.45) is 0 Å². The number of ether oxygens (including phenoxy) is 1. The van der Waals surface area contributed by atoms with Gasteiger partial charge in [0.15, 0.2) is 17.2 Å². The molecule has 1 amide bonds. The van der Waals surface area contributed by atoms with Crippen LogP contribution < -0.4 is 11.1 Å². The van der Waals surface area contributed by atoms with Crippen molar-refractivity contribution in [3.8, 4) is 22.8 Å². The number of imidazole rings is 1. The molecule has 10 heteroatoms. The summed E-state index contributed by atoms with van der Waals surface area (Å²) in [4.78, 5) is 30.5. The fourth-order valence-corrected chi connectivity index (χ4v) is 3.68. The normalized spacial score (nSPS) is 18.1. The highest BCUT2D eigenvalue weighted by Gasteiger charge is 2.32. The van der Waals surface area contributed by atoms with Gasteiger partial charge in [0.05, 0.1) is 12.3 Å². The van der Waals surface area contributed by atoms with Crippen LogP contribution >= 0.6 is 0 Å². The Morgan fingerprint density at radius 3 is 2.84 bits per heavy atom. The van der Waals surface area contributed by atoms with E-state index in [0.717, 1.165) is 29.7 Å². The molecule has 0 saturated heterocycles. The molecule has 0 aliphatic heterocycles. The molecule has 10 nitrogen and oxygen atoms in total. The predicted molar refractivity (Wildman–Crippen MR) is 112 cm³/mol. The number of amides is 1. The fraction of sp³-hybridized carbons (Fsp3) is 0.286. The van der Waals surface area contributed by atoms with Crippen LogP contribution in [-0.2, 0) is 4.74 Å². The van der Waals surface area contributed by atoms with Crippen molar-refractivity contribution in [2.75, 3.05) is 12.8 Å². The summed E-state index contributed by atoms with van der Waals surface area (Å²) in [5, 5.41) is 2.95. The zero-order valence-corrected chi connectivity index (χ0v) is 17.1. The molecule has 0 unspecified atom stereocenters. The molecule has 3 N–H and O–H groups in total. The highest BCUT2D eigenvalue weighted by atomic mass is 16.5. The van der Waals surface area contributed by atoms with Gasteiger partial charge in [0.2, 0.25) is 5.89 Å². The monoisotopic (exact) mass is 419 g/mol. The lowest BCUT2D eigenvalue weighted by atomic mass is 9.89. The predicted octanol–water partition coefficient (Wildman–Crippen LogP) is 2.24. The number of aryl methyl sites for hydroxylation is 1. The topological polar surface area (TPSA) is 133 Å². The molecular weight excluding hydrogens is 398 g/mol. The Kier molecular flexibility index (Phi) is 4.63. The smallest absolute Gasteiger partial charge is 0.273 e. The summed E-state index contributed by atoms with van der Waals surface area (Å²) in [6.45, 7) is 1.96. The number of nitrogen functional groups attached to an aromatic ring is 1. The zero-order valence-electron chi connectivity index (χ0n) is 17.1. The van der Waals surface area contributed by atoms with Gasteiger partial charge in [-0.15, -0.1) is 0 Å². The van der Waals surface area contributed by atoms with E-state index in [1.807, 2.05) is 29.7 Å². The van der Waals surface area contributed by atoms with Crippen molar-refractivity contribution < 1.29 is 13.9 Å². The molecule has 0 spiro atoms. The van der Waals surface area contributed by atoms with Crippen molar-refractivity contribution in [3.05, 3.63) is 48.4 Å². The van der Waals surface area contributed by atoms with E-state index in [4.69, 9.17) is 14.9 Å². The quantitative estimate of drug-likeness (QED) is 0.503. The van der Waals surface area contributed by atoms with Crippen LogP contribution in [0.15, 0.2) is 41.4 Å². The van der Waals surface area contributed by atoms with Gasteiger partial charge in [-0.3, -0.25) is 4.79 Å². The zero-order chi connectivity index (χ0) is 21.5. The summed E-state index contributed by atoms with van der Waals surface area (Å²) in [5.41, 5.74) is 9.49. The van der Waals surface area contributed by atoms with Crippen LogP contribution in [0.5, 0.6) is 0 Å². The van der Waals surface area contributed by atoms with Gasteiger partial charge in [-0.25, -0.2) is 19.9 Å². The number of hydrogen-bond donors (Lipinski definition) is 2. The van der Waals surface area contributed by atoms with Gasteiger partial charge in [-0.1, -0.05) is 0 Å². The molecule has 31 heavy (non-hydrogen) atoms. The third-order valence-electron chi connectivity index (χ3n) is 5.50. The van der Waals surface area contributed by atoms with E-state index in [0.29, 0.717) is 11.4 Å². The molecule has 0 atom stereocenters. The first-order valence-electron chi connectivity index (χ1n) is 9.88. The first-order valence-corrected chi connectivity index (χ1v) is 9.88. The maximum absolute atomic E-state index is 12.9. The Labute approximate surface area is 177 Å². The summed E-state index contributed by atoms with van der Waals surface area (Å²) in [6, 6.07) is 3.77. The number of carbonyl (C=O) groups excluding carboxylic acids is 1. The van der Waals surface area contributed by atoms with E-state index in [1.165, 1.54) is 12.5 Å². The Bertz CT molecular complexity index is 1260. The standard InChI is InChI=1S/C21H21N7O3/c1-11-9-24-15-4-3-12(10-28(11)15)16-17(21-23-5-6-31-21)27-19(22)18(26-16)20(29)25-13-7-14(8-13)30-2/h3-6,9-10,13-14H,7-8H2,1-2H3,(H2,22,27)(H,25,29)/t13-,14-. The number of rotatable bonds is 5. The van der Waals surface area contributed by atoms with Crippen molar-refractivity contribution in [3.63, 3.8) is 0 Å². The van der Waals surface area contributed by atoms with Gasteiger partial charge >= 0.3 is 0 Å². The number of oxazole rings is 1. The van der Waals surface area contributed by atoms with E-state index in [2.05, 4.69) is 25.3 Å². The van der Waals surface area contributed by atoms with Crippen LogP contribution in [-0.4, -0.2) is 49.5 Å². The lowest BCUT2D eigenvalue weighted by molar-refractivity contribution is 0.0175. The van der Waals surface area contributed by atoms with Crippen molar-refractivity contribution in [1.29, 1.82) is 0 Å². The number of nitrogens with one attached hydrogen (secondary N) is 1. The molecular formula is C21H21N7O3. The highest BCUT2D eigenvalue weighted by Crippen LogP contribution is 2.31. The van der Waals surface area contributed by atoms with Crippen molar-refractivity contribution >= 4 is 17.4 Å². The molecule has 0 bridgehead atoms. The Morgan fingerprint density at radius 1 is 1.26 bits per heavy atom. The van der Waals surface area contributed by atoms with Crippen molar-refractivity contribution in [1.82, 2.24) is 29.7 Å². The molecule has 1 aliphatic rings. The average molecular weight is 419 g/mol. The number of hydrogen-bond acceptors (Lipinski definition) is 8. The van der Waals surface area contributed by atoms with E-state index in [1.54, 1.807) is 13.3 Å². The summed E-state index contributed by atoms with van der Waals surface area (Å²) in [5.74, 6) is -0.0906. The van der Waals surface area contributed by atoms with Gasteiger partial charge in [0.1, 0.15) is 17.6 Å². The molecule has 4 aromatic rings. The van der Waals surface area contributed by atoms with E-state index < -0.39 is 0 Å². The Balaban J connectivity index is 1.58. The third-order valence-corrected chi connectivity index (χ3v) is 5.50. The van der Waals surface area contributed by atoms with Crippen molar-refractivity contribution in [2.45, 2.75) is 31.9 Å². The minimum atomic E-state index is -0.371. The number of nitrogens with two attached hydrogens (primary N) is 1. The van der Waals surface area contributed by atoms with Crippen LogP contribution in [0.4, 0.5) is 5.82 Å². The summed E-state index contributed by atoms with van der Waals surface area (Å²) in [6.07, 6.45) is 8.32. The minimum absolute atomic E-state index is 0.0111. The SMILES string of the molecule is CO[C@H]1C[C@H](NC(=O)c2nc(-c3ccc4ncc(C)n4c3)c(-c3ncco3)nc2N)C1. The van der Waals surface area contributed by atoms with Gasteiger partial charge < -0.3 is 24.6 Å². The molecule has 0 radical (unpaired) electrons.